The second-order valence-electron chi connectivity index (χ2n) is 6.38. The van der Waals surface area contributed by atoms with Gasteiger partial charge in [0, 0.05) is 17.4 Å². The van der Waals surface area contributed by atoms with E-state index >= 15 is 0 Å². The third-order valence-electron chi connectivity index (χ3n) is 4.36. The molecule has 0 bridgehead atoms. The van der Waals surface area contributed by atoms with Crippen molar-refractivity contribution in [3.05, 3.63) is 78.1 Å². The molecule has 0 saturated carbocycles. The zero-order valence-electron chi connectivity index (χ0n) is 16.5. The molecule has 9 heteroatoms. The predicted octanol–water partition coefficient (Wildman–Crippen LogP) is 4.72. The van der Waals surface area contributed by atoms with Crippen LogP contribution in [0.15, 0.2) is 78.1 Å². The van der Waals surface area contributed by atoms with Gasteiger partial charge in [0.2, 0.25) is 5.91 Å². The number of thioether (sulfide) groups is 1. The van der Waals surface area contributed by atoms with Crippen molar-refractivity contribution in [2.24, 2.45) is 0 Å². The molecule has 4 aromatic rings. The van der Waals surface area contributed by atoms with Crippen molar-refractivity contribution < 1.29 is 9.53 Å². The van der Waals surface area contributed by atoms with Crippen molar-refractivity contribution >= 4 is 35.0 Å². The number of rotatable bonds is 7. The number of benzene rings is 2. The highest BCUT2D eigenvalue weighted by molar-refractivity contribution is 7.99. The summed E-state index contributed by atoms with van der Waals surface area (Å²) in [5.41, 5.74) is 2.25. The standard InChI is InChI=1S/C22H18ClN5O2S/c1-30-17-11-9-16(10-12-17)28-21(15-6-3-2-4-7-15)26-27-22(28)31-14-19(29)25-18-8-5-13-24-20(18)23/h2-13H,14H2,1H3,(H,25,29). The number of methoxy groups -OCH3 is 1. The summed E-state index contributed by atoms with van der Waals surface area (Å²) in [4.78, 5) is 16.4. The van der Waals surface area contributed by atoms with Crippen molar-refractivity contribution in [2.75, 3.05) is 18.2 Å². The molecular weight excluding hydrogens is 434 g/mol. The highest BCUT2D eigenvalue weighted by Crippen LogP contribution is 2.29. The molecular formula is C22H18ClN5O2S. The van der Waals surface area contributed by atoms with E-state index in [1.165, 1.54) is 11.8 Å². The van der Waals surface area contributed by atoms with Crippen LogP contribution >= 0.6 is 23.4 Å². The van der Waals surface area contributed by atoms with E-state index in [4.69, 9.17) is 16.3 Å². The van der Waals surface area contributed by atoms with E-state index in [1.807, 2.05) is 59.2 Å². The Hall–Kier alpha value is -3.36. The molecule has 4 rings (SSSR count). The molecule has 0 spiro atoms. The van der Waals surface area contributed by atoms with Crippen molar-refractivity contribution in [1.29, 1.82) is 0 Å². The Morgan fingerprint density at radius 3 is 2.55 bits per heavy atom. The Morgan fingerprint density at radius 2 is 1.84 bits per heavy atom. The number of hydrogen-bond donors (Lipinski definition) is 1. The van der Waals surface area contributed by atoms with Gasteiger partial charge >= 0.3 is 0 Å². The Kier molecular flexibility index (Phi) is 6.49. The molecule has 156 valence electrons. The van der Waals surface area contributed by atoms with Crippen LogP contribution in [0.2, 0.25) is 5.15 Å². The molecule has 0 aliphatic rings. The fourth-order valence-corrected chi connectivity index (χ4v) is 3.82. The lowest BCUT2D eigenvalue weighted by Crippen LogP contribution is -2.15. The number of amides is 1. The van der Waals surface area contributed by atoms with Gasteiger partial charge in [-0.15, -0.1) is 10.2 Å². The lowest BCUT2D eigenvalue weighted by molar-refractivity contribution is -0.113. The van der Waals surface area contributed by atoms with Crippen LogP contribution in [-0.2, 0) is 4.79 Å². The molecule has 0 saturated heterocycles. The minimum atomic E-state index is -0.217. The summed E-state index contributed by atoms with van der Waals surface area (Å²) < 4.78 is 7.18. The minimum absolute atomic E-state index is 0.133. The molecule has 0 unspecified atom stereocenters. The van der Waals surface area contributed by atoms with Crippen molar-refractivity contribution in [2.45, 2.75) is 5.16 Å². The minimum Gasteiger partial charge on any atom is -0.497 e. The number of carbonyl (C=O) groups is 1. The number of pyridine rings is 1. The average molecular weight is 452 g/mol. The van der Waals surface area contributed by atoms with E-state index in [0.29, 0.717) is 16.7 Å². The van der Waals surface area contributed by atoms with Crippen molar-refractivity contribution in [3.63, 3.8) is 0 Å². The first kappa shape index (κ1) is 20.9. The van der Waals surface area contributed by atoms with Crippen LogP contribution in [0.25, 0.3) is 17.1 Å². The molecule has 1 N–H and O–H groups in total. The van der Waals surface area contributed by atoms with E-state index in [1.54, 1.807) is 25.4 Å². The molecule has 7 nitrogen and oxygen atoms in total. The Balaban J connectivity index is 1.60. The van der Waals surface area contributed by atoms with E-state index < -0.39 is 0 Å². The summed E-state index contributed by atoms with van der Waals surface area (Å²) in [5, 5.41) is 12.3. The maximum Gasteiger partial charge on any atom is 0.234 e. The van der Waals surface area contributed by atoms with E-state index in [9.17, 15) is 4.79 Å². The van der Waals surface area contributed by atoms with Crippen LogP contribution < -0.4 is 10.1 Å². The quantitative estimate of drug-likeness (QED) is 0.323. The van der Waals surface area contributed by atoms with E-state index in [2.05, 4.69) is 20.5 Å². The maximum atomic E-state index is 12.5. The molecule has 0 aliphatic heterocycles. The molecule has 2 aromatic heterocycles. The molecule has 1 amide bonds. The smallest absolute Gasteiger partial charge is 0.234 e. The third kappa shape index (κ3) is 4.87. The number of nitrogens with one attached hydrogen (secondary N) is 1. The highest BCUT2D eigenvalue weighted by Gasteiger charge is 2.17. The average Bonchev–Trinajstić information content (AvgIpc) is 3.24. The summed E-state index contributed by atoms with van der Waals surface area (Å²) in [6.45, 7) is 0. The molecule has 0 radical (unpaired) electrons. The Bertz CT molecular complexity index is 1180. The van der Waals surface area contributed by atoms with Gasteiger partial charge in [-0.2, -0.15) is 0 Å². The van der Waals surface area contributed by atoms with Gasteiger partial charge in [0.1, 0.15) is 5.75 Å². The number of halogens is 1. The monoisotopic (exact) mass is 451 g/mol. The zero-order chi connectivity index (χ0) is 21.6. The summed E-state index contributed by atoms with van der Waals surface area (Å²) in [6.07, 6.45) is 1.56. The summed E-state index contributed by atoms with van der Waals surface area (Å²) >= 11 is 7.30. The fraction of sp³-hybridized carbons (Fsp3) is 0.0909. The maximum absolute atomic E-state index is 12.5. The lowest BCUT2D eigenvalue weighted by atomic mass is 10.2. The highest BCUT2D eigenvalue weighted by atomic mass is 35.5. The number of anilines is 1. The largest absolute Gasteiger partial charge is 0.497 e. The number of hydrogen-bond acceptors (Lipinski definition) is 6. The van der Waals surface area contributed by atoms with Gasteiger partial charge in [0.25, 0.3) is 0 Å². The second kappa shape index (κ2) is 9.63. The van der Waals surface area contributed by atoms with E-state index in [-0.39, 0.29) is 16.8 Å². The first-order valence-corrected chi connectivity index (χ1v) is 10.7. The lowest BCUT2D eigenvalue weighted by Gasteiger charge is -2.11. The van der Waals surface area contributed by atoms with Crippen LogP contribution in [0.5, 0.6) is 5.75 Å². The molecule has 31 heavy (non-hydrogen) atoms. The van der Waals surface area contributed by atoms with Crippen LogP contribution in [0.4, 0.5) is 5.69 Å². The van der Waals surface area contributed by atoms with Gasteiger partial charge < -0.3 is 10.1 Å². The Labute approximate surface area is 188 Å². The summed E-state index contributed by atoms with van der Waals surface area (Å²) in [5.74, 6) is 1.35. The second-order valence-corrected chi connectivity index (χ2v) is 7.68. The first-order chi connectivity index (χ1) is 15.2. The molecule has 2 aromatic carbocycles. The topological polar surface area (TPSA) is 81.9 Å². The van der Waals surface area contributed by atoms with Crippen LogP contribution in [-0.4, -0.2) is 38.5 Å². The van der Waals surface area contributed by atoms with Crippen LogP contribution in [0, 0.1) is 0 Å². The van der Waals surface area contributed by atoms with Crippen molar-refractivity contribution in [3.8, 4) is 22.8 Å². The van der Waals surface area contributed by atoms with Gasteiger partial charge in [-0.05, 0) is 36.4 Å². The van der Waals surface area contributed by atoms with Gasteiger partial charge in [0.05, 0.1) is 18.6 Å². The van der Waals surface area contributed by atoms with Gasteiger partial charge in [-0.3, -0.25) is 9.36 Å². The molecule has 0 atom stereocenters. The molecule has 0 fully saturated rings. The zero-order valence-corrected chi connectivity index (χ0v) is 18.1. The summed E-state index contributed by atoms with van der Waals surface area (Å²) in [6, 6.07) is 20.8. The van der Waals surface area contributed by atoms with Gasteiger partial charge in [0.15, 0.2) is 16.1 Å². The van der Waals surface area contributed by atoms with Crippen molar-refractivity contribution in [1.82, 2.24) is 19.7 Å². The van der Waals surface area contributed by atoms with Gasteiger partial charge in [-0.1, -0.05) is 53.7 Å². The molecule has 0 aliphatic carbocycles. The SMILES string of the molecule is COc1ccc(-n2c(SCC(=O)Nc3cccnc3Cl)nnc2-c2ccccc2)cc1. The van der Waals surface area contributed by atoms with E-state index in [0.717, 1.165) is 17.0 Å². The molecule has 2 heterocycles. The first-order valence-electron chi connectivity index (χ1n) is 9.34. The predicted molar refractivity (Wildman–Crippen MR) is 122 cm³/mol. The van der Waals surface area contributed by atoms with Gasteiger partial charge in [-0.25, -0.2) is 4.98 Å². The number of nitrogens with zero attached hydrogens (tertiary/aromatic N) is 4. The third-order valence-corrected chi connectivity index (χ3v) is 5.59. The summed E-state index contributed by atoms with van der Waals surface area (Å²) in [7, 11) is 1.62. The Morgan fingerprint density at radius 1 is 1.06 bits per heavy atom. The normalized spacial score (nSPS) is 10.6. The van der Waals surface area contributed by atoms with Crippen LogP contribution in [0.3, 0.4) is 0 Å². The number of ether oxygens (including phenoxy) is 1. The van der Waals surface area contributed by atoms with Crippen LogP contribution in [0.1, 0.15) is 0 Å². The fourth-order valence-electron chi connectivity index (χ4n) is 2.90. The number of carbonyl (C=O) groups excluding carboxylic acids is 1. The number of aromatic nitrogens is 4.